The molecular formula is C29H42N4O2. The van der Waals surface area contributed by atoms with Crippen LogP contribution in [0.2, 0.25) is 0 Å². The molecule has 4 atom stereocenters. The first-order chi connectivity index (χ1) is 17.1. The van der Waals surface area contributed by atoms with E-state index in [1.165, 1.54) is 43.2 Å². The molecule has 5 aliphatic rings. The van der Waals surface area contributed by atoms with Crippen molar-refractivity contribution in [3.05, 3.63) is 35.4 Å². The summed E-state index contributed by atoms with van der Waals surface area (Å²) in [6.45, 7) is 3.78. The zero-order valence-electron chi connectivity index (χ0n) is 21.1. The minimum absolute atomic E-state index is 0.0629. The molecule has 0 aromatic heterocycles. The zero-order chi connectivity index (χ0) is 23.8. The number of carbonyl (C=O) groups excluding carboxylic acids is 2. The van der Waals surface area contributed by atoms with Crippen LogP contribution in [0.15, 0.2) is 24.3 Å². The lowest BCUT2D eigenvalue weighted by molar-refractivity contribution is -0.140. The fourth-order valence-corrected chi connectivity index (χ4v) is 7.91. The van der Waals surface area contributed by atoms with Crippen LogP contribution in [-0.2, 0) is 16.0 Å². The quantitative estimate of drug-likeness (QED) is 0.621. The van der Waals surface area contributed by atoms with Gasteiger partial charge in [0.05, 0.1) is 12.1 Å². The van der Waals surface area contributed by atoms with E-state index in [0.29, 0.717) is 11.8 Å². The van der Waals surface area contributed by atoms with Crippen LogP contribution in [0, 0.1) is 17.3 Å². The predicted octanol–water partition coefficient (Wildman–Crippen LogP) is 3.32. The van der Waals surface area contributed by atoms with E-state index in [-0.39, 0.29) is 35.4 Å². The largest absolute Gasteiger partial charge is 0.347 e. The lowest BCUT2D eigenvalue weighted by Crippen LogP contribution is -2.51. The van der Waals surface area contributed by atoms with Gasteiger partial charge in [0.15, 0.2) is 0 Å². The summed E-state index contributed by atoms with van der Waals surface area (Å²) in [7, 11) is 0. The van der Waals surface area contributed by atoms with Crippen molar-refractivity contribution >= 4 is 11.8 Å². The monoisotopic (exact) mass is 478 g/mol. The molecule has 2 aliphatic carbocycles. The third-order valence-corrected chi connectivity index (χ3v) is 10.0. The van der Waals surface area contributed by atoms with Crippen LogP contribution in [0.4, 0.5) is 0 Å². The number of likely N-dealkylation sites (tertiary alicyclic amines) is 1. The summed E-state index contributed by atoms with van der Waals surface area (Å²) in [5.41, 5.74) is 2.85. The van der Waals surface area contributed by atoms with E-state index in [1.807, 2.05) is 4.90 Å². The van der Waals surface area contributed by atoms with Crippen LogP contribution in [0.5, 0.6) is 0 Å². The van der Waals surface area contributed by atoms with Gasteiger partial charge >= 0.3 is 0 Å². The summed E-state index contributed by atoms with van der Waals surface area (Å²) in [5.74, 6) is 1.36. The molecule has 35 heavy (non-hydrogen) atoms. The summed E-state index contributed by atoms with van der Waals surface area (Å²) in [5, 5.41) is 10.4. The molecule has 1 saturated carbocycles. The normalized spacial score (nSPS) is 32.6. The summed E-state index contributed by atoms with van der Waals surface area (Å²) < 4.78 is 0. The van der Waals surface area contributed by atoms with Gasteiger partial charge in [0, 0.05) is 13.1 Å². The van der Waals surface area contributed by atoms with Crippen molar-refractivity contribution in [3.63, 3.8) is 0 Å². The van der Waals surface area contributed by atoms with Crippen molar-refractivity contribution in [2.45, 2.75) is 88.8 Å². The second-order valence-electron chi connectivity index (χ2n) is 12.1. The molecule has 1 aromatic carbocycles. The molecule has 3 heterocycles. The van der Waals surface area contributed by atoms with Gasteiger partial charge in [-0.2, -0.15) is 0 Å². The molecule has 1 unspecified atom stereocenters. The number of fused-ring (bicyclic) bond motifs is 1. The molecule has 0 bridgehead atoms. The standard InChI is InChI=1S/C29H42N4O2/c34-27(32-24-11-10-21-8-4-5-9-23(21)24)26-16-22(20-6-2-1-3-7-20)18-33(26)28(35)25-17-29(19-31-25)12-14-30-15-13-29/h4-5,8-9,20,22,24-26,30-31H,1-3,6-7,10-19H2,(H,32,34)/t22-,24?,25+,26+/m1/s1. The number of nitrogens with zero attached hydrogens (tertiary/aromatic N) is 1. The number of aryl methyl sites for hydroxylation is 1. The Labute approximate surface area is 210 Å². The zero-order valence-corrected chi connectivity index (χ0v) is 21.1. The first kappa shape index (κ1) is 23.5. The number of benzene rings is 1. The maximum atomic E-state index is 13.9. The van der Waals surface area contributed by atoms with E-state index in [2.05, 4.69) is 40.2 Å². The van der Waals surface area contributed by atoms with Crippen LogP contribution in [0.3, 0.4) is 0 Å². The smallest absolute Gasteiger partial charge is 0.243 e. The van der Waals surface area contributed by atoms with Crippen molar-refractivity contribution in [2.24, 2.45) is 17.3 Å². The van der Waals surface area contributed by atoms with Gasteiger partial charge in [0.2, 0.25) is 11.8 Å². The Morgan fingerprint density at radius 1 is 1.00 bits per heavy atom. The highest BCUT2D eigenvalue weighted by Gasteiger charge is 2.48. The number of rotatable bonds is 4. The predicted molar refractivity (Wildman–Crippen MR) is 137 cm³/mol. The highest BCUT2D eigenvalue weighted by molar-refractivity contribution is 5.91. The Hall–Kier alpha value is -1.92. The third kappa shape index (κ3) is 4.64. The lowest BCUT2D eigenvalue weighted by Gasteiger charge is -2.33. The van der Waals surface area contributed by atoms with E-state index in [9.17, 15) is 9.59 Å². The molecule has 3 aliphatic heterocycles. The molecule has 2 amide bonds. The van der Waals surface area contributed by atoms with E-state index >= 15 is 0 Å². The average molecular weight is 479 g/mol. The minimum Gasteiger partial charge on any atom is -0.347 e. The Morgan fingerprint density at radius 3 is 2.63 bits per heavy atom. The number of nitrogens with one attached hydrogen (secondary N) is 3. The highest BCUT2D eigenvalue weighted by atomic mass is 16.2. The Balaban J connectivity index is 1.18. The van der Waals surface area contributed by atoms with Gasteiger partial charge in [-0.15, -0.1) is 0 Å². The number of piperidine rings is 1. The maximum Gasteiger partial charge on any atom is 0.243 e. The average Bonchev–Trinajstić information content (AvgIpc) is 3.63. The first-order valence-electron chi connectivity index (χ1n) is 14.2. The summed E-state index contributed by atoms with van der Waals surface area (Å²) in [4.78, 5) is 29.6. The van der Waals surface area contributed by atoms with Gasteiger partial charge in [-0.3, -0.25) is 9.59 Å². The van der Waals surface area contributed by atoms with Crippen molar-refractivity contribution < 1.29 is 9.59 Å². The van der Waals surface area contributed by atoms with Crippen molar-refractivity contribution in [2.75, 3.05) is 26.2 Å². The molecular weight excluding hydrogens is 436 g/mol. The van der Waals surface area contributed by atoms with Crippen molar-refractivity contribution in [1.82, 2.24) is 20.9 Å². The second-order valence-corrected chi connectivity index (χ2v) is 12.1. The van der Waals surface area contributed by atoms with Crippen molar-refractivity contribution in [1.29, 1.82) is 0 Å². The molecule has 6 heteroatoms. The Morgan fingerprint density at radius 2 is 1.80 bits per heavy atom. The van der Waals surface area contributed by atoms with Gasteiger partial charge in [-0.25, -0.2) is 0 Å². The van der Waals surface area contributed by atoms with Crippen LogP contribution in [0.25, 0.3) is 0 Å². The molecule has 3 N–H and O–H groups in total. The van der Waals surface area contributed by atoms with E-state index in [1.54, 1.807) is 0 Å². The van der Waals surface area contributed by atoms with Crippen LogP contribution in [0.1, 0.15) is 81.4 Å². The van der Waals surface area contributed by atoms with E-state index in [4.69, 9.17) is 0 Å². The number of hydrogen-bond donors (Lipinski definition) is 3. The summed E-state index contributed by atoms with van der Waals surface area (Å²) in [6.07, 6.45) is 12.4. The molecule has 6 nitrogen and oxygen atoms in total. The number of amides is 2. The fraction of sp³-hybridized carbons (Fsp3) is 0.724. The summed E-state index contributed by atoms with van der Waals surface area (Å²) >= 11 is 0. The number of carbonyl (C=O) groups is 2. The molecule has 1 spiro atoms. The Bertz CT molecular complexity index is 936. The topological polar surface area (TPSA) is 73.5 Å². The number of hydrogen-bond acceptors (Lipinski definition) is 4. The maximum absolute atomic E-state index is 13.9. The third-order valence-electron chi connectivity index (χ3n) is 10.0. The van der Waals surface area contributed by atoms with Gasteiger partial charge in [-0.05, 0) is 80.0 Å². The lowest BCUT2D eigenvalue weighted by atomic mass is 9.77. The van der Waals surface area contributed by atoms with Gasteiger partial charge < -0.3 is 20.9 Å². The molecule has 190 valence electrons. The van der Waals surface area contributed by atoms with E-state index in [0.717, 1.165) is 64.7 Å². The minimum atomic E-state index is -0.325. The molecule has 0 radical (unpaired) electrons. The van der Waals surface area contributed by atoms with Gasteiger partial charge in [0.25, 0.3) is 0 Å². The fourth-order valence-electron chi connectivity index (χ4n) is 7.91. The molecule has 4 fully saturated rings. The van der Waals surface area contributed by atoms with Crippen LogP contribution >= 0.6 is 0 Å². The first-order valence-corrected chi connectivity index (χ1v) is 14.2. The molecule has 3 saturated heterocycles. The van der Waals surface area contributed by atoms with Gasteiger partial charge in [0.1, 0.15) is 6.04 Å². The SMILES string of the molecule is O=C(NC1CCc2ccccc21)[C@@H]1C[C@@H](C2CCCCC2)CN1C(=O)[C@@H]1CC2(CCNCC2)CN1. The summed E-state index contributed by atoms with van der Waals surface area (Å²) in [6, 6.07) is 8.08. The Kier molecular flexibility index (Phi) is 6.61. The van der Waals surface area contributed by atoms with Crippen molar-refractivity contribution in [3.8, 4) is 0 Å². The molecule has 1 aromatic rings. The van der Waals surface area contributed by atoms with Gasteiger partial charge in [-0.1, -0.05) is 56.4 Å². The van der Waals surface area contributed by atoms with Crippen LogP contribution < -0.4 is 16.0 Å². The highest BCUT2D eigenvalue weighted by Crippen LogP contribution is 2.41. The second kappa shape index (κ2) is 9.85. The van der Waals surface area contributed by atoms with Crippen LogP contribution in [-0.4, -0.2) is 55.0 Å². The molecule has 6 rings (SSSR count). The van der Waals surface area contributed by atoms with E-state index < -0.39 is 0 Å².